The van der Waals surface area contributed by atoms with E-state index in [1.165, 1.54) is 0 Å². The van der Waals surface area contributed by atoms with E-state index in [1.54, 1.807) is 13.8 Å². The van der Waals surface area contributed by atoms with E-state index in [1.807, 2.05) is 0 Å². The molecule has 0 radical (unpaired) electrons. The molecule has 1 nitrogen and oxygen atoms in total. The largest absolute Gasteiger partial charge is 0.401 e. The first-order chi connectivity index (χ1) is 2.64. The van der Waals surface area contributed by atoms with Crippen LogP contribution in [0.15, 0.2) is 10.7 Å². The Morgan fingerprint density at radius 1 is 1.50 bits per heavy atom. The topological polar surface area (TPSA) is 26.0 Å². The molecule has 0 unspecified atom stereocenters. The summed E-state index contributed by atoms with van der Waals surface area (Å²) in [5, 5.41) is 0.676. The van der Waals surface area contributed by atoms with Gasteiger partial charge in [-0.3, -0.25) is 0 Å². The van der Waals surface area contributed by atoms with Crippen LogP contribution in [0, 0.1) is 0 Å². The van der Waals surface area contributed by atoms with Gasteiger partial charge in [0.05, 0.1) is 0 Å². The van der Waals surface area contributed by atoms with Crippen molar-refractivity contribution in [1.29, 1.82) is 0 Å². The predicted octanol–water partition coefficient (Wildman–Crippen LogP) is 1.44. The molecule has 0 aliphatic heterocycles. The van der Waals surface area contributed by atoms with Gasteiger partial charge < -0.3 is 5.73 Å². The van der Waals surface area contributed by atoms with Gasteiger partial charge in [0, 0.05) is 10.7 Å². The maximum atomic E-state index is 5.37. The summed E-state index contributed by atoms with van der Waals surface area (Å²) in [6.45, 7) is 3.53. The maximum absolute atomic E-state index is 5.37. The van der Waals surface area contributed by atoms with Crippen molar-refractivity contribution >= 4 is 11.6 Å². The highest BCUT2D eigenvalue weighted by Crippen LogP contribution is 1.99. The minimum absolute atomic E-state index is 0.676. The zero-order valence-electron chi connectivity index (χ0n) is 3.96. The van der Waals surface area contributed by atoms with Crippen LogP contribution in [-0.4, -0.2) is 0 Å². The molecule has 0 amide bonds. The molecule has 0 spiro atoms. The van der Waals surface area contributed by atoms with Gasteiger partial charge >= 0.3 is 0 Å². The second-order valence-corrected chi connectivity index (χ2v) is 1.78. The van der Waals surface area contributed by atoms with Crippen LogP contribution in [0.1, 0.15) is 13.8 Å². The average Bonchev–Trinajstić information content (AvgIpc) is 1.36. The third-order valence-electron chi connectivity index (χ3n) is 0.543. The Bertz CT molecular complexity index is 57.6. The first-order valence-electron chi connectivity index (χ1n) is 1.73. The van der Waals surface area contributed by atoms with E-state index < -0.39 is 0 Å². The van der Waals surface area contributed by atoms with Crippen LogP contribution < -0.4 is 5.73 Å². The van der Waals surface area contributed by atoms with Crippen LogP contribution in [0.2, 0.25) is 0 Å². The molecule has 0 saturated carbocycles. The van der Waals surface area contributed by atoms with Gasteiger partial charge in [0.15, 0.2) is 0 Å². The molecule has 0 fully saturated rings. The molecule has 2 heteroatoms. The van der Waals surface area contributed by atoms with Crippen molar-refractivity contribution in [2.45, 2.75) is 13.8 Å². The van der Waals surface area contributed by atoms with Crippen molar-refractivity contribution in [1.82, 2.24) is 0 Å². The number of hydrogen-bond donors (Lipinski definition) is 1. The van der Waals surface area contributed by atoms with Crippen molar-refractivity contribution in [3.8, 4) is 0 Å². The van der Waals surface area contributed by atoms with Crippen LogP contribution in [-0.2, 0) is 0 Å². The number of halogens is 1. The van der Waals surface area contributed by atoms with Gasteiger partial charge in [0.2, 0.25) is 0 Å². The molecule has 0 aliphatic rings. The van der Waals surface area contributed by atoms with Crippen LogP contribution in [0.25, 0.3) is 0 Å². The van der Waals surface area contributed by atoms with Crippen molar-refractivity contribution in [3.63, 3.8) is 0 Å². The molecule has 0 atom stereocenters. The molecule has 36 valence electrons. The predicted molar refractivity (Wildman–Crippen MR) is 28.4 cm³/mol. The van der Waals surface area contributed by atoms with Crippen molar-refractivity contribution < 1.29 is 0 Å². The molecule has 0 saturated heterocycles. The zero-order chi connectivity index (χ0) is 5.15. The Kier molecular flexibility index (Phi) is 2.03. The highest BCUT2D eigenvalue weighted by molar-refractivity contribution is 6.29. The fourth-order valence-electron chi connectivity index (χ4n) is 0. The molecular formula is C4H8ClN. The molecule has 6 heavy (non-hydrogen) atoms. The molecule has 0 heterocycles. The first kappa shape index (κ1) is 5.83. The summed E-state index contributed by atoms with van der Waals surface area (Å²) in [4.78, 5) is 0. The lowest BCUT2D eigenvalue weighted by Crippen LogP contribution is -1.90. The second-order valence-electron chi connectivity index (χ2n) is 1.22. The lowest BCUT2D eigenvalue weighted by atomic mass is 10.5. The molecule has 0 rings (SSSR count). The molecular weight excluding hydrogens is 97.5 g/mol. The van der Waals surface area contributed by atoms with Crippen molar-refractivity contribution in [2.75, 3.05) is 0 Å². The van der Waals surface area contributed by atoms with Gasteiger partial charge in [0.25, 0.3) is 0 Å². The van der Waals surface area contributed by atoms with E-state index in [0.717, 1.165) is 0 Å². The van der Waals surface area contributed by atoms with Crippen LogP contribution in [0.3, 0.4) is 0 Å². The molecule has 0 aromatic heterocycles. The number of rotatable bonds is 0. The average molecular weight is 106 g/mol. The fourth-order valence-corrected chi connectivity index (χ4v) is 0. The van der Waals surface area contributed by atoms with E-state index in [0.29, 0.717) is 10.7 Å². The summed E-state index contributed by atoms with van der Waals surface area (Å²) in [7, 11) is 0. The normalized spacial score (nSPS) is 13.8. The van der Waals surface area contributed by atoms with E-state index >= 15 is 0 Å². The molecule has 0 aromatic carbocycles. The highest BCUT2D eigenvalue weighted by atomic mass is 35.5. The van der Waals surface area contributed by atoms with Gasteiger partial charge in [0.1, 0.15) is 0 Å². The summed E-state index contributed by atoms with van der Waals surface area (Å²) >= 11 is 5.37. The second kappa shape index (κ2) is 2.08. The van der Waals surface area contributed by atoms with Crippen molar-refractivity contribution in [3.05, 3.63) is 10.7 Å². The molecule has 0 aliphatic carbocycles. The monoisotopic (exact) mass is 105 g/mol. The smallest absolute Gasteiger partial charge is 0.0334 e. The highest BCUT2D eigenvalue weighted by Gasteiger charge is 1.79. The SMILES string of the molecule is CC(N)=C(C)Cl. The Morgan fingerprint density at radius 2 is 1.67 bits per heavy atom. The Morgan fingerprint density at radius 3 is 1.67 bits per heavy atom. The summed E-state index contributed by atoms with van der Waals surface area (Å²) in [5.74, 6) is 0. The number of nitrogens with two attached hydrogens (primary N) is 1. The van der Waals surface area contributed by atoms with E-state index in [9.17, 15) is 0 Å². The first-order valence-corrected chi connectivity index (χ1v) is 2.11. The molecule has 0 bridgehead atoms. The standard InChI is InChI=1S/C4H8ClN/c1-3(5)4(2)6/h6H2,1-2H3. The minimum atomic E-state index is 0.676. The lowest BCUT2D eigenvalue weighted by molar-refractivity contribution is 1.27. The molecule has 2 N–H and O–H groups in total. The number of hydrogen-bond acceptors (Lipinski definition) is 1. The third-order valence-corrected chi connectivity index (χ3v) is 0.841. The van der Waals surface area contributed by atoms with Crippen LogP contribution in [0.5, 0.6) is 0 Å². The molecule has 0 aromatic rings. The van der Waals surface area contributed by atoms with Gasteiger partial charge in [-0.2, -0.15) is 0 Å². The van der Waals surface area contributed by atoms with Gasteiger partial charge in [-0.05, 0) is 13.8 Å². The van der Waals surface area contributed by atoms with Crippen LogP contribution >= 0.6 is 11.6 Å². The zero-order valence-corrected chi connectivity index (χ0v) is 4.71. The Labute approximate surface area is 42.8 Å². The van der Waals surface area contributed by atoms with Crippen molar-refractivity contribution in [2.24, 2.45) is 5.73 Å². The quantitative estimate of drug-likeness (QED) is 0.496. The fraction of sp³-hybridized carbons (Fsp3) is 0.500. The number of allylic oxidation sites excluding steroid dienone is 2. The summed E-state index contributed by atoms with van der Waals surface area (Å²) in [6.07, 6.45) is 0. The summed E-state index contributed by atoms with van der Waals surface area (Å²) < 4.78 is 0. The van der Waals surface area contributed by atoms with E-state index in [-0.39, 0.29) is 0 Å². The van der Waals surface area contributed by atoms with Crippen LogP contribution in [0.4, 0.5) is 0 Å². The maximum Gasteiger partial charge on any atom is 0.0334 e. The summed E-state index contributed by atoms with van der Waals surface area (Å²) in [6, 6.07) is 0. The Balaban J connectivity index is 3.68. The van der Waals surface area contributed by atoms with Gasteiger partial charge in [-0.15, -0.1) is 0 Å². The summed E-state index contributed by atoms with van der Waals surface area (Å²) in [5.41, 5.74) is 5.87. The van der Waals surface area contributed by atoms with Gasteiger partial charge in [-0.1, -0.05) is 11.6 Å². The van der Waals surface area contributed by atoms with Gasteiger partial charge in [-0.25, -0.2) is 0 Å². The van der Waals surface area contributed by atoms with E-state index in [2.05, 4.69) is 0 Å². The minimum Gasteiger partial charge on any atom is -0.401 e. The van der Waals surface area contributed by atoms with E-state index in [4.69, 9.17) is 17.3 Å². The third kappa shape index (κ3) is 2.09. The lowest BCUT2D eigenvalue weighted by Gasteiger charge is -1.86. The Hall–Kier alpha value is -0.170.